The van der Waals surface area contributed by atoms with Crippen LogP contribution in [0.3, 0.4) is 0 Å². The van der Waals surface area contributed by atoms with Gasteiger partial charge in [-0.25, -0.2) is 0 Å². The lowest BCUT2D eigenvalue weighted by Crippen LogP contribution is -2.38. The molecule has 3 heteroatoms. The van der Waals surface area contributed by atoms with E-state index < -0.39 is 8.07 Å². The first kappa shape index (κ1) is 12.9. The molecular formula is C12H19BrOSi. The van der Waals surface area contributed by atoms with Crippen LogP contribution in [0, 0.1) is 0 Å². The van der Waals surface area contributed by atoms with Crippen LogP contribution in [0.4, 0.5) is 0 Å². The molecule has 0 heterocycles. The van der Waals surface area contributed by atoms with Gasteiger partial charge in [0.05, 0.1) is 8.07 Å². The number of aliphatic hydroxyl groups excluding tert-OH is 1. The SMILES string of the molecule is C[Si](C)(C)C(O)CCc1ccccc1Br. The van der Waals surface area contributed by atoms with Gasteiger partial charge in [0.1, 0.15) is 0 Å². The zero-order valence-electron chi connectivity index (χ0n) is 9.63. The average molecular weight is 287 g/mol. The van der Waals surface area contributed by atoms with Gasteiger partial charge < -0.3 is 5.11 Å². The van der Waals surface area contributed by atoms with Gasteiger partial charge in [0.2, 0.25) is 0 Å². The summed E-state index contributed by atoms with van der Waals surface area (Å²) < 4.78 is 1.15. The van der Waals surface area contributed by atoms with Crippen molar-refractivity contribution in [3.05, 3.63) is 34.3 Å². The van der Waals surface area contributed by atoms with Crippen LogP contribution in [0.25, 0.3) is 0 Å². The summed E-state index contributed by atoms with van der Waals surface area (Å²) in [7, 11) is -1.39. The Morgan fingerprint density at radius 1 is 1.27 bits per heavy atom. The van der Waals surface area contributed by atoms with Crippen molar-refractivity contribution in [2.75, 3.05) is 0 Å². The highest BCUT2D eigenvalue weighted by Crippen LogP contribution is 2.20. The highest BCUT2D eigenvalue weighted by atomic mass is 79.9. The van der Waals surface area contributed by atoms with Gasteiger partial charge in [-0.15, -0.1) is 0 Å². The summed E-state index contributed by atoms with van der Waals surface area (Å²) >= 11 is 3.53. The van der Waals surface area contributed by atoms with E-state index in [0.717, 1.165) is 17.3 Å². The minimum Gasteiger partial charge on any atom is -0.397 e. The average Bonchev–Trinajstić information content (AvgIpc) is 2.14. The Morgan fingerprint density at radius 2 is 1.87 bits per heavy atom. The van der Waals surface area contributed by atoms with Crippen LogP contribution in [0.2, 0.25) is 19.6 Å². The molecule has 1 nitrogen and oxygen atoms in total. The molecule has 0 aliphatic heterocycles. The molecule has 1 N–H and O–H groups in total. The number of aliphatic hydroxyl groups is 1. The smallest absolute Gasteiger partial charge is 0.0781 e. The second-order valence-electron chi connectivity index (χ2n) is 5.01. The zero-order chi connectivity index (χ0) is 11.5. The van der Waals surface area contributed by atoms with Gasteiger partial charge in [-0.1, -0.05) is 53.8 Å². The van der Waals surface area contributed by atoms with Gasteiger partial charge in [-0.2, -0.15) is 0 Å². The van der Waals surface area contributed by atoms with Crippen LogP contribution in [0.1, 0.15) is 12.0 Å². The van der Waals surface area contributed by atoms with Crippen molar-refractivity contribution in [3.8, 4) is 0 Å². The predicted octanol–water partition coefficient (Wildman–Crippen LogP) is 3.62. The molecule has 0 saturated carbocycles. The van der Waals surface area contributed by atoms with E-state index in [1.165, 1.54) is 5.56 Å². The first-order chi connectivity index (χ1) is 6.91. The third-order valence-electron chi connectivity index (χ3n) is 2.64. The molecule has 0 aliphatic carbocycles. The highest BCUT2D eigenvalue weighted by Gasteiger charge is 2.24. The molecule has 0 bridgehead atoms. The van der Waals surface area contributed by atoms with E-state index in [-0.39, 0.29) is 5.73 Å². The third-order valence-corrected chi connectivity index (χ3v) is 5.71. The van der Waals surface area contributed by atoms with Crippen molar-refractivity contribution >= 4 is 24.0 Å². The molecule has 0 amide bonds. The zero-order valence-corrected chi connectivity index (χ0v) is 12.2. The van der Waals surface area contributed by atoms with Gasteiger partial charge in [0, 0.05) is 10.2 Å². The van der Waals surface area contributed by atoms with Crippen LogP contribution in [0.15, 0.2) is 28.7 Å². The first-order valence-corrected chi connectivity index (χ1v) is 9.70. The Kier molecular flexibility index (Phi) is 4.56. The summed E-state index contributed by atoms with van der Waals surface area (Å²) in [6.45, 7) is 6.62. The Labute approximate surface area is 102 Å². The second kappa shape index (κ2) is 5.28. The lowest BCUT2D eigenvalue weighted by molar-refractivity contribution is 0.233. The van der Waals surface area contributed by atoms with Gasteiger partial charge in [0.25, 0.3) is 0 Å². The number of benzene rings is 1. The van der Waals surface area contributed by atoms with E-state index in [0.29, 0.717) is 0 Å². The molecule has 0 fully saturated rings. The standard InChI is InChI=1S/C12H19BrOSi/c1-15(2,3)12(14)9-8-10-6-4-5-7-11(10)13/h4-7,12,14H,8-9H2,1-3H3. The number of halogens is 1. The monoisotopic (exact) mass is 286 g/mol. The summed E-state index contributed by atoms with van der Waals surface area (Å²) in [5, 5.41) is 9.98. The molecule has 84 valence electrons. The lowest BCUT2D eigenvalue weighted by atomic mass is 10.1. The number of hydrogen-bond donors (Lipinski definition) is 1. The van der Waals surface area contributed by atoms with Crippen molar-refractivity contribution in [1.82, 2.24) is 0 Å². The highest BCUT2D eigenvalue weighted by molar-refractivity contribution is 9.10. The number of aryl methyl sites for hydroxylation is 1. The first-order valence-electron chi connectivity index (χ1n) is 5.33. The van der Waals surface area contributed by atoms with Crippen LogP contribution in [-0.2, 0) is 6.42 Å². The van der Waals surface area contributed by atoms with Gasteiger partial charge in [-0.05, 0) is 24.5 Å². The molecule has 0 aromatic heterocycles. The fourth-order valence-electron chi connectivity index (χ4n) is 1.43. The van der Waals surface area contributed by atoms with E-state index in [2.05, 4.69) is 47.7 Å². The number of rotatable bonds is 4. The molecule has 1 unspecified atom stereocenters. The molecule has 0 spiro atoms. The molecular weight excluding hydrogens is 268 g/mol. The minimum atomic E-state index is -1.39. The van der Waals surface area contributed by atoms with Crippen LogP contribution in [0.5, 0.6) is 0 Å². The van der Waals surface area contributed by atoms with Crippen LogP contribution >= 0.6 is 15.9 Å². The lowest BCUT2D eigenvalue weighted by Gasteiger charge is -2.23. The molecule has 1 aromatic rings. The fraction of sp³-hybridized carbons (Fsp3) is 0.500. The largest absolute Gasteiger partial charge is 0.397 e. The van der Waals surface area contributed by atoms with E-state index >= 15 is 0 Å². The molecule has 1 atom stereocenters. The second-order valence-corrected chi connectivity index (χ2v) is 11.3. The molecule has 0 aliphatic rings. The molecule has 15 heavy (non-hydrogen) atoms. The van der Waals surface area contributed by atoms with Crippen LogP contribution in [-0.4, -0.2) is 18.9 Å². The van der Waals surface area contributed by atoms with Crippen molar-refractivity contribution in [3.63, 3.8) is 0 Å². The van der Waals surface area contributed by atoms with Crippen molar-refractivity contribution in [2.24, 2.45) is 0 Å². The maximum Gasteiger partial charge on any atom is 0.0781 e. The Bertz CT molecular complexity index is 320. The fourth-order valence-corrected chi connectivity index (χ4v) is 2.92. The summed E-state index contributed by atoms with van der Waals surface area (Å²) in [4.78, 5) is 0. The third kappa shape index (κ3) is 4.09. The topological polar surface area (TPSA) is 20.2 Å². The maximum atomic E-state index is 9.98. The van der Waals surface area contributed by atoms with Gasteiger partial charge >= 0.3 is 0 Å². The summed E-state index contributed by atoms with van der Waals surface area (Å²) in [6, 6.07) is 8.22. The van der Waals surface area contributed by atoms with Gasteiger partial charge in [-0.3, -0.25) is 0 Å². The molecule has 0 radical (unpaired) electrons. The minimum absolute atomic E-state index is 0.107. The van der Waals surface area contributed by atoms with Gasteiger partial charge in [0.15, 0.2) is 0 Å². The van der Waals surface area contributed by atoms with Crippen LogP contribution < -0.4 is 0 Å². The van der Waals surface area contributed by atoms with E-state index in [1.54, 1.807) is 0 Å². The van der Waals surface area contributed by atoms with E-state index in [4.69, 9.17) is 0 Å². The predicted molar refractivity (Wildman–Crippen MR) is 71.8 cm³/mol. The maximum absolute atomic E-state index is 9.98. The number of hydrogen-bond acceptors (Lipinski definition) is 1. The molecule has 1 aromatic carbocycles. The summed E-state index contributed by atoms with van der Waals surface area (Å²) in [5.41, 5.74) is 1.18. The van der Waals surface area contributed by atoms with E-state index in [9.17, 15) is 5.11 Å². The quantitative estimate of drug-likeness (QED) is 0.839. The summed E-state index contributed by atoms with van der Waals surface area (Å²) in [6.07, 6.45) is 1.82. The normalized spacial score (nSPS) is 13.9. The van der Waals surface area contributed by atoms with Crippen molar-refractivity contribution in [1.29, 1.82) is 0 Å². The van der Waals surface area contributed by atoms with Crippen molar-refractivity contribution < 1.29 is 5.11 Å². The van der Waals surface area contributed by atoms with Crippen molar-refractivity contribution in [2.45, 2.75) is 38.2 Å². The molecule has 0 saturated heterocycles. The Hall–Kier alpha value is -0.123. The van der Waals surface area contributed by atoms with E-state index in [1.807, 2.05) is 12.1 Å². The summed E-state index contributed by atoms with van der Waals surface area (Å²) in [5.74, 6) is 0. The Morgan fingerprint density at radius 3 is 2.40 bits per heavy atom. The Balaban J connectivity index is 2.55. The molecule has 1 rings (SSSR count).